The van der Waals surface area contributed by atoms with Crippen LogP contribution in [0.25, 0.3) is 6.08 Å². The van der Waals surface area contributed by atoms with Crippen molar-refractivity contribution in [3.8, 4) is 5.75 Å². The summed E-state index contributed by atoms with van der Waals surface area (Å²) in [4.78, 5) is 16.4. The molecule has 1 heterocycles. The van der Waals surface area contributed by atoms with Gasteiger partial charge < -0.3 is 14.6 Å². The molecule has 150 valence electrons. The maximum Gasteiger partial charge on any atom is 0.244 e. The summed E-state index contributed by atoms with van der Waals surface area (Å²) < 4.78 is 11.0. The van der Waals surface area contributed by atoms with Gasteiger partial charge in [0, 0.05) is 11.5 Å². The van der Waals surface area contributed by atoms with Crippen LogP contribution in [0.5, 0.6) is 5.75 Å². The molecule has 0 unspecified atom stereocenters. The molecule has 29 heavy (non-hydrogen) atoms. The highest BCUT2D eigenvalue weighted by Crippen LogP contribution is 2.19. The standard InChI is InChI=1S/C23H25N3O3/c1-23(2,3)22-25-20(26-29-22)15-24-21(27)13-12-17-10-7-11-19(14-17)28-16-18-8-5-4-6-9-18/h4-14H,15-16H2,1-3H3,(H,24,27)/b13-12+. The van der Waals surface area contributed by atoms with Gasteiger partial charge in [0.2, 0.25) is 11.8 Å². The first-order valence-electron chi connectivity index (χ1n) is 9.46. The molecule has 0 aliphatic rings. The minimum atomic E-state index is -0.234. The molecule has 3 aromatic rings. The number of nitrogens with zero attached hydrogens (tertiary/aromatic N) is 2. The zero-order valence-electron chi connectivity index (χ0n) is 16.9. The van der Waals surface area contributed by atoms with Gasteiger partial charge in [-0.25, -0.2) is 0 Å². The lowest BCUT2D eigenvalue weighted by Crippen LogP contribution is -2.21. The van der Waals surface area contributed by atoms with Crippen LogP contribution in [0.3, 0.4) is 0 Å². The average Bonchev–Trinajstić information content (AvgIpc) is 3.20. The van der Waals surface area contributed by atoms with E-state index in [0.717, 1.165) is 16.9 Å². The van der Waals surface area contributed by atoms with Crippen molar-refractivity contribution in [3.05, 3.63) is 83.5 Å². The Labute approximate surface area is 170 Å². The molecule has 1 aromatic heterocycles. The van der Waals surface area contributed by atoms with Crippen LogP contribution < -0.4 is 10.1 Å². The van der Waals surface area contributed by atoms with Crippen molar-refractivity contribution in [2.45, 2.75) is 39.3 Å². The van der Waals surface area contributed by atoms with Crippen LogP contribution in [0.15, 0.2) is 65.2 Å². The fourth-order valence-corrected chi connectivity index (χ4v) is 2.48. The van der Waals surface area contributed by atoms with Crippen LogP contribution in [0.2, 0.25) is 0 Å². The van der Waals surface area contributed by atoms with E-state index in [2.05, 4.69) is 15.5 Å². The number of hydrogen-bond acceptors (Lipinski definition) is 5. The molecule has 0 radical (unpaired) electrons. The maximum atomic E-state index is 12.1. The summed E-state index contributed by atoms with van der Waals surface area (Å²) in [6.07, 6.45) is 3.21. The van der Waals surface area contributed by atoms with E-state index in [4.69, 9.17) is 9.26 Å². The number of amides is 1. The van der Waals surface area contributed by atoms with Gasteiger partial charge in [-0.2, -0.15) is 4.98 Å². The average molecular weight is 391 g/mol. The Balaban J connectivity index is 1.51. The van der Waals surface area contributed by atoms with Crippen LogP contribution in [-0.2, 0) is 23.4 Å². The van der Waals surface area contributed by atoms with Crippen LogP contribution in [-0.4, -0.2) is 16.0 Å². The lowest BCUT2D eigenvalue weighted by atomic mass is 9.97. The van der Waals surface area contributed by atoms with E-state index in [9.17, 15) is 4.79 Å². The van der Waals surface area contributed by atoms with Crippen molar-refractivity contribution < 1.29 is 14.1 Å². The van der Waals surface area contributed by atoms with Gasteiger partial charge in [-0.1, -0.05) is 68.4 Å². The van der Waals surface area contributed by atoms with Gasteiger partial charge in [0.05, 0.1) is 6.54 Å². The fraction of sp³-hybridized carbons (Fsp3) is 0.261. The van der Waals surface area contributed by atoms with Crippen LogP contribution in [0, 0.1) is 0 Å². The Morgan fingerprint density at radius 1 is 1.14 bits per heavy atom. The largest absolute Gasteiger partial charge is 0.489 e. The predicted molar refractivity (Wildman–Crippen MR) is 111 cm³/mol. The SMILES string of the molecule is CC(C)(C)c1nc(CNC(=O)/C=C/c2cccc(OCc3ccccc3)c2)no1. The van der Waals surface area contributed by atoms with Gasteiger partial charge in [0.1, 0.15) is 12.4 Å². The Hall–Kier alpha value is -3.41. The summed E-state index contributed by atoms with van der Waals surface area (Å²) in [7, 11) is 0. The Morgan fingerprint density at radius 2 is 1.93 bits per heavy atom. The second kappa shape index (κ2) is 9.19. The zero-order valence-corrected chi connectivity index (χ0v) is 16.9. The number of hydrogen-bond donors (Lipinski definition) is 1. The number of rotatable bonds is 7. The lowest BCUT2D eigenvalue weighted by molar-refractivity contribution is -0.116. The third-order valence-electron chi connectivity index (χ3n) is 4.06. The van der Waals surface area contributed by atoms with Gasteiger partial charge in [-0.05, 0) is 29.3 Å². The first kappa shape index (κ1) is 20.3. The summed E-state index contributed by atoms with van der Waals surface area (Å²) in [6.45, 7) is 6.68. The number of aromatic nitrogens is 2. The predicted octanol–water partition coefficient (Wildman–Crippen LogP) is 4.28. The van der Waals surface area contributed by atoms with Crippen molar-refractivity contribution in [1.29, 1.82) is 0 Å². The lowest BCUT2D eigenvalue weighted by Gasteiger charge is -2.10. The molecule has 3 rings (SSSR count). The van der Waals surface area contributed by atoms with Crippen molar-refractivity contribution in [3.63, 3.8) is 0 Å². The molecule has 0 aliphatic heterocycles. The molecule has 0 atom stereocenters. The highest BCUT2D eigenvalue weighted by molar-refractivity contribution is 5.91. The number of benzene rings is 2. The molecule has 0 saturated carbocycles. The summed E-state index contributed by atoms with van der Waals surface area (Å²) in [5, 5.41) is 6.64. The first-order valence-corrected chi connectivity index (χ1v) is 9.46. The number of carbonyl (C=O) groups excluding carboxylic acids is 1. The van der Waals surface area contributed by atoms with Crippen LogP contribution in [0.4, 0.5) is 0 Å². The quantitative estimate of drug-likeness (QED) is 0.609. The third kappa shape index (κ3) is 6.31. The second-order valence-electron chi connectivity index (χ2n) is 7.66. The summed E-state index contributed by atoms with van der Waals surface area (Å²) in [5.74, 6) is 1.51. The highest BCUT2D eigenvalue weighted by atomic mass is 16.5. The molecule has 0 aliphatic carbocycles. The van der Waals surface area contributed by atoms with E-state index >= 15 is 0 Å². The molecular weight excluding hydrogens is 366 g/mol. The monoisotopic (exact) mass is 391 g/mol. The summed E-state index contributed by atoms with van der Waals surface area (Å²) in [5.41, 5.74) is 1.76. The fourth-order valence-electron chi connectivity index (χ4n) is 2.48. The van der Waals surface area contributed by atoms with Crippen molar-refractivity contribution in [1.82, 2.24) is 15.5 Å². The zero-order chi connectivity index (χ0) is 20.7. The van der Waals surface area contributed by atoms with Crippen molar-refractivity contribution in [2.24, 2.45) is 0 Å². The van der Waals surface area contributed by atoms with Crippen LogP contribution in [0.1, 0.15) is 43.6 Å². The summed E-state index contributed by atoms with van der Waals surface area (Å²) >= 11 is 0. The minimum Gasteiger partial charge on any atom is -0.489 e. The van der Waals surface area contributed by atoms with Gasteiger partial charge >= 0.3 is 0 Å². The van der Waals surface area contributed by atoms with Gasteiger partial charge in [0.15, 0.2) is 5.82 Å². The van der Waals surface area contributed by atoms with Crippen molar-refractivity contribution >= 4 is 12.0 Å². The molecule has 2 aromatic carbocycles. The minimum absolute atomic E-state index is 0.211. The molecule has 0 fully saturated rings. The Morgan fingerprint density at radius 3 is 2.66 bits per heavy atom. The smallest absolute Gasteiger partial charge is 0.244 e. The van der Waals surface area contributed by atoms with Crippen molar-refractivity contribution in [2.75, 3.05) is 0 Å². The van der Waals surface area contributed by atoms with E-state index in [0.29, 0.717) is 18.3 Å². The maximum absolute atomic E-state index is 12.1. The molecule has 6 heteroatoms. The van der Waals surface area contributed by atoms with Gasteiger partial charge in [-0.15, -0.1) is 0 Å². The number of nitrogens with one attached hydrogen (secondary N) is 1. The molecule has 6 nitrogen and oxygen atoms in total. The topological polar surface area (TPSA) is 77.2 Å². The van der Waals surface area contributed by atoms with Gasteiger partial charge in [0.25, 0.3) is 0 Å². The normalized spacial score (nSPS) is 11.6. The van der Waals surface area contributed by atoms with E-state index < -0.39 is 0 Å². The highest BCUT2D eigenvalue weighted by Gasteiger charge is 2.21. The molecule has 0 spiro atoms. The van der Waals surface area contributed by atoms with Crippen LogP contribution >= 0.6 is 0 Å². The molecule has 1 N–H and O–H groups in total. The van der Waals surface area contributed by atoms with Gasteiger partial charge in [-0.3, -0.25) is 4.79 Å². The first-order chi connectivity index (χ1) is 13.9. The Bertz CT molecular complexity index is 972. The molecule has 1 amide bonds. The van der Waals surface area contributed by atoms with E-state index in [1.165, 1.54) is 6.08 Å². The second-order valence-corrected chi connectivity index (χ2v) is 7.66. The van der Waals surface area contributed by atoms with E-state index in [1.807, 2.05) is 75.4 Å². The number of ether oxygens (including phenoxy) is 1. The number of carbonyl (C=O) groups is 1. The van der Waals surface area contributed by atoms with E-state index in [1.54, 1.807) is 6.08 Å². The summed E-state index contributed by atoms with van der Waals surface area (Å²) in [6, 6.07) is 17.6. The Kier molecular flexibility index (Phi) is 6.44. The molecule has 0 bridgehead atoms. The molecule has 0 saturated heterocycles. The van der Waals surface area contributed by atoms with E-state index in [-0.39, 0.29) is 17.9 Å². The molecular formula is C23H25N3O3. The third-order valence-corrected chi connectivity index (χ3v) is 4.06.